The van der Waals surface area contributed by atoms with Crippen molar-refractivity contribution >= 4 is 16.6 Å². The molecule has 2 saturated carbocycles. The topological polar surface area (TPSA) is 37.3 Å². The van der Waals surface area contributed by atoms with Gasteiger partial charge in [-0.25, -0.2) is 0 Å². The van der Waals surface area contributed by atoms with E-state index in [1.165, 1.54) is 122 Å². The lowest BCUT2D eigenvalue weighted by Crippen LogP contribution is -2.23. The Morgan fingerprint density at radius 1 is 0.633 bits per heavy atom. The van der Waals surface area contributed by atoms with E-state index in [1.807, 2.05) is 0 Å². The second-order valence-corrected chi connectivity index (χ2v) is 13.3. The van der Waals surface area contributed by atoms with E-state index < -0.39 is 7.37 Å². The van der Waals surface area contributed by atoms with Crippen molar-refractivity contribution in [2.24, 2.45) is 0 Å². The smallest absolute Gasteiger partial charge is 0.206 e. The fraction of sp³-hybridized carbons (Fsp3) is 1.00. The minimum atomic E-state index is -2.84. The van der Waals surface area contributed by atoms with Gasteiger partial charge in [0.2, 0.25) is 7.37 Å². The molecule has 0 heterocycles. The van der Waals surface area contributed by atoms with E-state index in [1.54, 1.807) is 0 Å². The molecule has 2 rings (SSSR count). The van der Waals surface area contributed by atoms with Crippen LogP contribution in [0.3, 0.4) is 0 Å². The maximum Gasteiger partial charge on any atom is 0.206 e. The molecule has 0 aliphatic heterocycles. The molecule has 0 aromatic heterocycles. The summed E-state index contributed by atoms with van der Waals surface area (Å²) in [6, 6.07) is 0. The Balaban J connectivity index is 0.000000300. The lowest BCUT2D eigenvalue weighted by molar-refractivity contribution is 0.386. The molecular formula is C26H54O2P2. The molecule has 30 heavy (non-hydrogen) atoms. The summed E-state index contributed by atoms with van der Waals surface area (Å²) in [5.74, 6) is 0. The maximum absolute atomic E-state index is 12.5. The number of hydrogen-bond acceptors (Lipinski definition) is 1. The van der Waals surface area contributed by atoms with Crippen LogP contribution in [0.1, 0.15) is 148 Å². The van der Waals surface area contributed by atoms with Crippen LogP contribution in [-0.4, -0.2) is 22.4 Å². The Hall–Kier alpha value is 0.620. The van der Waals surface area contributed by atoms with Crippen LogP contribution in [0, 0.1) is 0 Å². The molecule has 2 aliphatic rings. The zero-order valence-electron chi connectivity index (χ0n) is 20.3. The number of unbranched alkanes of at least 4 members (excludes halogenated alkanes) is 11. The average Bonchev–Trinajstić information content (AvgIpc) is 2.79. The Morgan fingerprint density at radius 3 is 1.30 bits per heavy atom. The molecule has 0 aromatic carbocycles. The Morgan fingerprint density at radius 2 is 0.967 bits per heavy atom. The summed E-state index contributed by atoms with van der Waals surface area (Å²) in [5, 5.41) is 0. The van der Waals surface area contributed by atoms with Gasteiger partial charge in [0.05, 0.1) is 0 Å². The molecule has 2 aliphatic carbocycles. The molecule has 0 bridgehead atoms. The molecule has 1 atom stereocenters. The third-order valence-corrected chi connectivity index (χ3v) is 10.8. The summed E-state index contributed by atoms with van der Waals surface area (Å²) >= 11 is 0. The van der Waals surface area contributed by atoms with E-state index in [0.29, 0.717) is 0 Å². The van der Waals surface area contributed by atoms with Gasteiger partial charge >= 0.3 is 0 Å². The highest BCUT2D eigenvalue weighted by Gasteiger charge is 2.39. The molecule has 0 spiro atoms. The van der Waals surface area contributed by atoms with Crippen LogP contribution in [0.5, 0.6) is 0 Å². The van der Waals surface area contributed by atoms with Crippen molar-refractivity contribution in [3.05, 3.63) is 0 Å². The minimum absolute atomic E-state index is 0.148. The van der Waals surface area contributed by atoms with Crippen molar-refractivity contribution in [2.75, 3.05) is 6.16 Å². The van der Waals surface area contributed by atoms with Crippen LogP contribution in [-0.2, 0) is 4.57 Å². The second-order valence-electron chi connectivity index (χ2n) is 9.93. The summed E-state index contributed by atoms with van der Waals surface area (Å²) < 4.78 is 12.5. The van der Waals surface area contributed by atoms with Crippen LogP contribution >= 0.6 is 16.6 Å². The molecule has 0 aromatic rings. The fourth-order valence-corrected chi connectivity index (χ4v) is 8.28. The van der Waals surface area contributed by atoms with Crippen molar-refractivity contribution in [3.63, 3.8) is 0 Å². The summed E-state index contributed by atoms with van der Waals surface area (Å²) in [7, 11) is -0.0286. The van der Waals surface area contributed by atoms with Gasteiger partial charge in [0, 0.05) is 11.3 Å². The quantitative estimate of drug-likeness (QED) is 0.207. The van der Waals surface area contributed by atoms with Crippen LogP contribution in [0.15, 0.2) is 0 Å². The first-order valence-electron chi connectivity index (χ1n) is 13.6. The lowest BCUT2D eigenvalue weighted by Gasteiger charge is -2.34. The van der Waals surface area contributed by atoms with E-state index in [-0.39, 0.29) is 11.3 Å². The molecule has 180 valence electrons. The highest BCUT2D eigenvalue weighted by Crippen LogP contribution is 2.59. The monoisotopic (exact) mass is 460 g/mol. The minimum Gasteiger partial charge on any atom is -0.344 e. The fourth-order valence-electron chi connectivity index (χ4n) is 5.19. The van der Waals surface area contributed by atoms with Crippen molar-refractivity contribution in [1.82, 2.24) is 0 Å². The molecule has 2 nitrogen and oxygen atoms in total. The van der Waals surface area contributed by atoms with Crippen LogP contribution in [0.4, 0.5) is 0 Å². The molecule has 4 heteroatoms. The van der Waals surface area contributed by atoms with Crippen molar-refractivity contribution in [3.8, 4) is 0 Å². The molecule has 1 unspecified atom stereocenters. The van der Waals surface area contributed by atoms with Gasteiger partial charge < -0.3 is 4.89 Å². The molecule has 1 N–H and O–H groups in total. The molecule has 0 radical (unpaired) electrons. The van der Waals surface area contributed by atoms with Gasteiger partial charge in [0.1, 0.15) is 0 Å². The van der Waals surface area contributed by atoms with Gasteiger partial charge in [-0.05, 0) is 38.3 Å². The van der Waals surface area contributed by atoms with Gasteiger partial charge in [-0.3, -0.25) is 4.57 Å². The Kier molecular flexibility index (Phi) is 18.3. The largest absolute Gasteiger partial charge is 0.344 e. The van der Waals surface area contributed by atoms with E-state index in [0.717, 1.165) is 25.7 Å². The van der Waals surface area contributed by atoms with Crippen molar-refractivity contribution in [1.29, 1.82) is 0 Å². The average molecular weight is 461 g/mol. The zero-order chi connectivity index (χ0) is 21.9. The third-order valence-electron chi connectivity index (χ3n) is 7.25. The van der Waals surface area contributed by atoms with Gasteiger partial charge in [-0.1, -0.05) is 116 Å². The Labute approximate surface area is 191 Å². The highest BCUT2D eigenvalue weighted by atomic mass is 31.2. The first-order chi connectivity index (χ1) is 14.6. The summed E-state index contributed by atoms with van der Waals surface area (Å²) in [6.45, 7) is 2.29. The zero-order valence-corrected chi connectivity index (χ0v) is 22.3. The van der Waals surface area contributed by atoms with Gasteiger partial charge in [-0.2, -0.15) is 0 Å². The van der Waals surface area contributed by atoms with E-state index in [4.69, 9.17) is 0 Å². The first-order valence-corrected chi connectivity index (χ1v) is 16.3. The number of rotatable bonds is 14. The van der Waals surface area contributed by atoms with Crippen molar-refractivity contribution in [2.45, 2.75) is 159 Å². The normalized spacial score (nSPS) is 18.8. The predicted octanol–water partition coefficient (Wildman–Crippen LogP) is 9.48. The maximum atomic E-state index is 12.5. The summed E-state index contributed by atoms with van der Waals surface area (Å²) in [6.07, 6.45) is 30.0. The molecule has 0 amide bonds. The standard InChI is InChI=1S/C14H31P.C12H23O2P/c1-2-3-4-5-6-7-8-9-10-11-12-13-14-15;13-15(14,11-7-3-1-4-8-11)12-9-5-2-6-10-12/h2-15H2,1H3;11-12H,1-10H2,(H,13,14). The summed E-state index contributed by atoms with van der Waals surface area (Å²) in [4.78, 5) is 10.3. The van der Waals surface area contributed by atoms with Gasteiger partial charge in [-0.15, -0.1) is 9.24 Å². The van der Waals surface area contributed by atoms with Crippen LogP contribution in [0.25, 0.3) is 0 Å². The second kappa shape index (κ2) is 19.1. The van der Waals surface area contributed by atoms with Gasteiger partial charge in [0.25, 0.3) is 0 Å². The highest BCUT2D eigenvalue weighted by molar-refractivity contribution is 7.59. The lowest BCUT2D eigenvalue weighted by atomic mass is 10.00. The first kappa shape index (κ1) is 28.7. The van der Waals surface area contributed by atoms with E-state index in [9.17, 15) is 9.46 Å². The van der Waals surface area contributed by atoms with E-state index in [2.05, 4.69) is 16.2 Å². The molecule has 0 saturated heterocycles. The molecular weight excluding hydrogens is 406 g/mol. The predicted molar refractivity (Wildman–Crippen MR) is 139 cm³/mol. The SMILES string of the molecule is CCCCCCCCCCCCCCP.O=P(O)(C1CCCCC1)C1CCCCC1. The van der Waals surface area contributed by atoms with Crippen LogP contribution in [0.2, 0.25) is 0 Å². The summed E-state index contributed by atoms with van der Waals surface area (Å²) in [5.41, 5.74) is 0.295. The third kappa shape index (κ3) is 13.2. The van der Waals surface area contributed by atoms with E-state index >= 15 is 0 Å². The van der Waals surface area contributed by atoms with Gasteiger partial charge in [0.15, 0.2) is 0 Å². The van der Waals surface area contributed by atoms with Crippen LogP contribution < -0.4 is 0 Å². The Bertz CT molecular complexity index is 381. The van der Waals surface area contributed by atoms with Crippen molar-refractivity contribution < 1.29 is 9.46 Å². The molecule has 2 fully saturated rings. The number of hydrogen-bond donors (Lipinski definition) is 1.